The van der Waals surface area contributed by atoms with Gasteiger partial charge in [-0.3, -0.25) is 9.59 Å². The quantitative estimate of drug-likeness (QED) is 0.0211. The number of unbranched alkanes of at least 4 members (excludes halogenated alkanes) is 48. The molecule has 0 aliphatic carbocycles. The Morgan fingerprint density at radius 1 is 0.333 bits per heavy atom. The maximum absolute atomic E-state index is 13.0. The number of nitrogens with zero attached hydrogens (tertiary/aromatic N) is 1. The first-order valence-corrected chi connectivity index (χ1v) is 40.1. The summed E-state index contributed by atoms with van der Waals surface area (Å²) < 4.78 is 23.0. The number of carbonyl (C=O) groups excluding carboxylic acids is 2. The monoisotopic (exact) mass is 1310 g/mol. The van der Waals surface area contributed by atoms with Gasteiger partial charge in [-0.2, -0.15) is 0 Å². The molecular weight excluding hydrogens is 1150 g/mol. The highest BCUT2D eigenvalue weighted by Gasteiger charge is 2.25. The predicted molar refractivity (Wildman–Crippen MR) is 401 cm³/mol. The zero-order chi connectivity index (χ0) is 67.5. The third-order valence-corrected chi connectivity index (χ3v) is 17.9. The maximum Gasteiger partial charge on any atom is 0.361 e. The Kier molecular flexibility index (Phi) is 71.9. The number of quaternary nitrogens is 1. The number of carboxylic acid groups (broad SMARTS) is 1. The first-order valence-electron chi connectivity index (χ1n) is 40.1. The van der Waals surface area contributed by atoms with Crippen LogP contribution in [-0.4, -0.2) is 87.4 Å². The summed E-state index contributed by atoms with van der Waals surface area (Å²) in [6, 6.07) is 0. The van der Waals surface area contributed by atoms with Crippen LogP contribution in [0.3, 0.4) is 0 Å². The van der Waals surface area contributed by atoms with Crippen molar-refractivity contribution in [3.8, 4) is 0 Å². The molecule has 0 saturated heterocycles. The minimum absolute atomic E-state index is 0.180. The summed E-state index contributed by atoms with van der Waals surface area (Å²) in [5.41, 5.74) is 0. The average molecular weight is 1310 g/mol. The summed E-state index contributed by atoms with van der Waals surface area (Å²) in [7, 11) is 5.99. The summed E-state index contributed by atoms with van der Waals surface area (Å²) in [5, 5.41) is 9.77. The van der Waals surface area contributed by atoms with Gasteiger partial charge < -0.3 is 28.5 Å². The Bertz CT molecular complexity index is 1760. The standard InChI is InChI=1S/C84H153NO8/c1-6-8-10-12-14-16-18-20-22-24-26-28-30-32-34-36-37-38-39-40-41-42-43-44-45-47-48-50-52-54-56-58-60-62-64-66-68-70-72-74-81(86)91-78-80(79-92-84(83(88)89)90-77-76-85(3,4)5)93-82(87)75-73-71-69-67-65-63-61-59-57-55-53-51-49-46-35-33-31-29-27-25-23-21-19-17-15-13-11-9-7-2/h9,11,15,17,21,23-24,26-27,29,33,35,80,84H,6-8,10,12-14,16,18-20,22,25,28,30-32,34,36-79H2,1-5H3/p+1/b11-9-,17-15-,23-21-,26-24-,29-27-,35-33-. The van der Waals surface area contributed by atoms with Crippen molar-refractivity contribution >= 4 is 17.9 Å². The smallest absolute Gasteiger partial charge is 0.361 e. The van der Waals surface area contributed by atoms with Gasteiger partial charge in [-0.05, 0) is 83.5 Å². The second-order valence-electron chi connectivity index (χ2n) is 28.3. The number of ether oxygens (including phenoxy) is 4. The van der Waals surface area contributed by atoms with Crippen LogP contribution in [-0.2, 0) is 33.3 Å². The molecule has 9 nitrogen and oxygen atoms in total. The van der Waals surface area contributed by atoms with Crippen LogP contribution in [0.1, 0.15) is 386 Å². The molecule has 9 heteroatoms. The second kappa shape index (κ2) is 74.5. The molecule has 2 unspecified atom stereocenters. The molecule has 93 heavy (non-hydrogen) atoms. The molecular formula is C84H154NO8+. The molecule has 2 atom stereocenters. The molecule has 542 valence electrons. The lowest BCUT2D eigenvalue weighted by Gasteiger charge is -2.25. The van der Waals surface area contributed by atoms with Gasteiger partial charge in [0.15, 0.2) is 6.10 Å². The average Bonchev–Trinajstić information content (AvgIpc) is 3.74. The van der Waals surface area contributed by atoms with Gasteiger partial charge in [0, 0.05) is 12.8 Å². The van der Waals surface area contributed by atoms with E-state index in [0.717, 1.165) is 70.6 Å². The van der Waals surface area contributed by atoms with Crippen LogP contribution in [0.2, 0.25) is 0 Å². The number of likely N-dealkylation sites (N-methyl/N-ethyl adjacent to an activating group) is 1. The Labute approximate surface area is 577 Å². The fourth-order valence-corrected chi connectivity index (χ4v) is 11.9. The molecule has 0 aromatic rings. The van der Waals surface area contributed by atoms with E-state index >= 15 is 0 Å². The number of aliphatic carboxylic acids is 1. The van der Waals surface area contributed by atoms with E-state index in [2.05, 4.69) is 86.8 Å². The highest BCUT2D eigenvalue weighted by atomic mass is 16.7. The lowest BCUT2D eigenvalue weighted by Crippen LogP contribution is -2.40. The molecule has 0 aliphatic rings. The fraction of sp³-hybridized carbons (Fsp3) is 0.821. The third-order valence-electron chi connectivity index (χ3n) is 17.9. The molecule has 0 aromatic carbocycles. The molecule has 0 heterocycles. The zero-order valence-electron chi connectivity index (χ0n) is 62.2. The number of hydrogen-bond acceptors (Lipinski definition) is 7. The van der Waals surface area contributed by atoms with Crippen LogP contribution in [0.15, 0.2) is 72.9 Å². The third kappa shape index (κ3) is 76.0. The number of esters is 2. The number of rotatable bonds is 75. The van der Waals surface area contributed by atoms with E-state index in [0.29, 0.717) is 17.4 Å². The van der Waals surface area contributed by atoms with E-state index in [1.54, 1.807) is 0 Å². The van der Waals surface area contributed by atoms with Crippen molar-refractivity contribution in [2.24, 2.45) is 0 Å². The minimum Gasteiger partial charge on any atom is -0.477 e. The van der Waals surface area contributed by atoms with Gasteiger partial charge in [-0.1, -0.05) is 363 Å². The topological polar surface area (TPSA) is 108 Å². The van der Waals surface area contributed by atoms with E-state index < -0.39 is 24.3 Å². The second-order valence-corrected chi connectivity index (χ2v) is 28.3. The first kappa shape index (κ1) is 89.7. The van der Waals surface area contributed by atoms with Crippen molar-refractivity contribution < 1.29 is 42.9 Å². The summed E-state index contributed by atoms with van der Waals surface area (Å²) in [5.74, 6) is -1.98. The molecule has 1 N–H and O–H groups in total. The molecule has 0 saturated carbocycles. The van der Waals surface area contributed by atoms with Crippen molar-refractivity contribution in [1.82, 2.24) is 0 Å². The van der Waals surface area contributed by atoms with Gasteiger partial charge in [0.1, 0.15) is 13.2 Å². The van der Waals surface area contributed by atoms with Gasteiger partial charge in [-0.15, -0.1) is 0 Å². The van der Waals surface area contributed by atoms with Crippen molar-refractivity contribution in [2.75, 3.05) is 47.5 Å². The van der Waals surface area contributed by atoms with Gasteiger partial charge in [0.25, 0.3) is 6.29 Å². The van der Waals surface area contributed by atoms with Crippen LogP contribution >= 0.6 is 0 Å². The first-order chi connectivity index (χ1) is 45.6. The Hall–Kier alpha value is -3.27. The number of allylic oxidation sites excluding steroid dienone is 12. The Morgan fingerprint density at radius 3 is 0.925 bits per heavy atom. The number of carbonyl (C=O) groups is 3. The minimum atomic E-state index is -1.51. The summed E-state index contributed by atoms with van der Waals surface area (Å²) in [4.78, 5) is 37.7. The van der Waals surface area contributed by atoms with Crippen molar-refractivity contribution in [3.63, 3.8) is 0 Å². The van der Waals surface area contributed by atoms with E-state index in [4.69, 9.17) is 18.9 Å². The van der Waals surface area contributed by atoms with Crippen LogP contribution in [0.5, 0.6) is 0 Å². The molecule has 0 spiro atoms. The maximum atomic E-state index is 13.0. The van der Waals surface area contributed by atoms with E-state index in [9.17, 15) is 19.5 Å². The fourth-order valence-electron chi connectivity index (χ4n) is 11.9. The SMILES string of the molecule is CC/C=C\C/C=C\C/C=C\C/C=C\C/C=C\CCCCCCCCCCCCCCCC(=O)OC(COC(=O)CCCCCCCCCCCCCCCCCCCCCCCCCCCCC/C=C\CCCCCCCCCC)COC(OCC[N+](C)(C)C)C(=O)O. The molecule has 0 bridgehead atoms. The molecule has 0 fully saturated rings. The highest BCUT2D eigenvalue weighted by molar-refractivity contribution is 5.71. The van der Waals surface area contributed by atoms with Gasteiger partial charge in [-0.25, -0.2) is 4.79 Å². The van der Waals surface area contributed by atoms with Gasteiger partial charge in [0.2, 0.25) is 0 Å². The highest BCUT2D eigenvalue weighted by Crippen LogP contribution is 2.19. The molecule has 0 amide bonds. The van der Waals surface area contributed by atoms with Gasteiger partial charge >= 0.3 is 17.9 Å². The van der Waals surface area contributed by atoms with Crippen molar-refractivity contribution in [2.45, 2.75) is 399 Å². The van der Waals surface area contributed by atoms with Gasteiger partial charge in [0.05, 0.1) is 34.4 Å². The Balaban J connectivity index is 3.97. The van der Waals surface area contributed by atoms with E-state index in [1.165, 1.54) is 289 Å². The van der Waals surface area contributed by atoms with Crippen molar-refractivity contribution in [1.29, 1.82) is 0 Å². The van der Waals surface area contributed by atoms with E-state index in [-0.39, 0.29) is 32.2 Å². The Morgan fingerprint density at radius 2 is 0.613 bits per heavy atom. The van der Waals surface area contributed by atoms with Crippen LogP contribution < -0.4 is 0 Å². The lowest BCUT2D eigenvalue weighted by molar-refractivity contribution is -0.870. The number of hydrogen-bond donors (Lipinski definition) is 1. The van der Waals surface area contributed by atoms with Crippen LogP contribution in [0.4, 0.5) is 0 Å². The lowest BCUT2D eigenvalue weighted by atomic mass is 10.0. The zero-order valence-corrected chi connectivity index (χ0v) is 62.2. The molecule has 0 radical (unpaired) electrons. The summed E-state index contributed by atoms with van der Waals surface area (Å²) in [6.45, 7) is 4.82. The molecule has 0 aromatic heterocycles. The summed E-state index contributed by atoms with van der Waals surface area (Å²) in [6.07, 6.45) is 97.8. The van der Waals surface area contributed by atoms with E-state index in [1.807, 2.05) is 21.1 Å². The largest absolute Gasteiger partial charge is 0.477 e. The van der Waals surface area contributed by atoms with Crippen molar-refractivity contribution in [3.05, 3.63) is 72.9 Å². The number of carboxylic acids is 1. The predicted octanol–water partition coefficient (Wildman–Crippen LogP) is 25.6. The van der Waals surface area contributed by atoms with Crippen LogP contribution in [0.25, 0.3) is 0 Å². The normalized spacial score (nSPS) is 13.0. The van der Waals surface area contributed by atoms with Crippen LogP contribution in [0, 0.1) is 0 Å². The summed E-state index contributed by atoms with van der Waals surface area (Å²) >= 11 is 0. The molecule has 0 aliphatic heterocycles. The molecule has 0 rings (SSSR count).